The fourth-order valence-corrected chi connectivity index (χ4v) is 4.03. The quantitative estimate of drug-likeness (QED) is 0.631. The Hall–Kier alpha value is -2.68. The second-order valence-electron chi connectivity index (χ2n) is 7.08. The van der Waals surface area contributed by atoms with E-state index >= 15 is 0 Å². The van der Waals surface area contributed by atoms with Crippen LogP contribution in [0.2, 0.25) is 0 Å². The first-order valence-corrected chi connectivity index (χ1v) is 10.1. The molecular formula is C19H25N5O3S. The van der Waals surface area contributed by atoms with Gasteiger partial charge in [-0.2, -0.15) is 0 Å². The minimum atomic E-state index is -0.419. The molecule has 0 radical (unpaired) electrons. The summed E-state index contributed by atoms with van der Waals surface area (Å²) < 4.78 is 4.89. The number of rotatable bonds is 6. The number of esters is 1. The molecule has 8 nitrogen and oxygen atoms in total. The van der Waals surface area contributed by atoms with Gasteiger partial charge in [-0.05, 0) is 31.7 Å². The predicted molar refractivity (Wildman–Crippen MR) is 111 cm³/mol. The molecule has 150 valence electrons. The molecule has 1 amide bonds. The number of nitrogens with one attached hydrogen (secondary N) is 3. The molecule has 3 heterocycles. The molecule has 1 aliphatic heterocycles. The summed E-state index contributed by atoms with van der Waals surface area (Å²) in [7, 11) is 1.35. The van der Waals surface area contributed by atoms with Crippen molar-refractivity contribution in [1.29, 1.82) is 0 Å². The molecule has 0 saturated heterocycles. The number of thiophene rings is 1. The number of amides is 1. The lowest BCUT2D eigenvalue weighted by Gasteiger charge is -2.28. The maximum absolute atomic E-state index is 12.5. The molecule has 1 atom stereocenters. The molecule has 2 aromatic heterocycles. The van der Waals surface area contributed by atoms with Crippen molar-refractivity contribution in [2.24, 2.45) is 5.92 Å². The van der Waals surface area contributed by atoms with E-state index in [-0.39, 0.29) is 11.9 Å². The molecule has 0 fully saturated rings. The number of carbonyl (C=O) groups is 2. The normalized spacial score (nSPS) is 15.6. The van der Waals surface area contributed by atoms with Gasteiger partial charge in [0.05, 0.1) is 12.7 Å². The number of hydrogen-bond donors (Lipinski definition) is 3. The van der Waals surface area contributed by atoms with Gasteiger partial charge in [-0.1, -0.05) is 20.8 Å². The van der Waals surface area contributed by atoms with E-state index in [0.29, 0.717) is 46.1 Å². The zero-order valence-corrected chi connectivity index (χ0v) is 17.5. The SMILES string of the molecule is CCc1cc(C(=O)OC)c(Nc2nc(C)nc3c2NC(=O)C(CC(C)C)N3)s1. The van der Waals surface area contributed by atoms with Crippen LogP contribution in [-0.4, -0.2) is 35.0 Å². The van der Waals surface area contributed by atoms with Crippen molar-refractivity contribution in [2.75, 3.05) is 23.1 Å². The van der Waals surface area contributed by atoms with E-state index in [4.69, 9.17) is 4.74 Å². The summed E-state index contributed by atoms with van der Waals surface area (Å²) >= 11 is 1.46. The van der Waals surface area contributed by atoms with Gasteiger partial charge in [0.1, 0.15) is 22.6 Å². The molecule has 0 spiro atoms. The number of ether oxygens (including phenoxy) is 1. The Kier molecular flexibility index (Phi) is 5.83. The van der Waals surface area contributed by atoms with Crippen molar-refractivity contribution >= 4 is 45.5 Å². The number of fused-ring (bicyclic) bond motifs is 1. The van der Waals surface area contributed by atoms with Crippen LogP contribution in [0.1, 0.15) is 48.3 Å². The summed E-state index contributed by atoms with van der Waals surface area (Å²) in [5, 5.41) is 9.96. The van der Waals surface area contributed by atoms with Crippen LogP contribution in [0.25, 0.3) is 0 Å². The molecule has 0 saturated carbocycles. The lowest BCUT2D eigenvalue weighted by atomic mass is 10.0. The van der Waals surface area contributed by atoms with E-state index in [2.05, 4.69) is 39.8 Å². The highest BCUT2D eigenvalue weighted by Gasteiger charge is 2.30. The molecule has 0 aliphatic carbocycles. The van der Waals surface area contributed by atoms with Crippen molar-refractivity contribution in [3.8, 4) is 0 Å². The molecule has 3 N–H and O–H groups in total. The lowest BCUT2D eigenvalue weighted by molar-refractivity contribution is -0.117. The maximum atomic E-state index is 12.5. The van der Waals surface area contributed by atoms with E-state index in [0.717, 1.165) is 11.3 Å². The zero-order chi connectivity index (χ0) is 20.4. The molecule has 1 aliphatic rings. The minimum Gasteiger partial charge on any atom is -0.465 e. The smallest absolute Gasteiger partial charge is 0.340 e. The van der Waals surface area contributed by atoms with Crippen molar-refractivity contribution in [3.63, 3.8) is 0 Å². The van der Waals surface area contributed by atoms with Crippen LogP contribution in [-0.2, 0) is 16.0 Å². The summed E-state index contributed by atoms with van der Waals surface area (Å²) in [4.78, 5) is 34.6. The highest BCUT2D eigenvalue weighted by atomic mass is 32.1. The fourth-order valence-electron chi connectivity index (χ4n) is 3.04. The van der Waals surface area contributed by atoms with Crippen LogP contribution in [0.3, 0.4) is 0 Å². The standard InChI is InChI=1S/C19H25N5O3S/c1-6-11-8-12(19(26)27-5)18(28-11)24-16-14-15(20-10(4)21-16)22-13(7-9(2)3)17(25)23-14/h8-9,13H,6-7H2,1-5H3,(H,23,25)(H2,20,21,22,24). The van der Waals surface area contributed by atoms with E-state index in [1.807, 2.05) is 13.0 Å². The van der Waals surface area contributed by atoms with Crippen molar-refractivity contribution in [2.45, 2.75) is 46.6 Å². The summed E-state index contributed by atoms with van der Waals surface area (Å²) in [6.45, 7) is 7.94. The lowest BCUT2D eigenvalue weighted by Crippen LogP contribution is -2.40. The topological polar surface area (TPSA) is 105 Å². The first-order valence-electron chi connectivity index (χ1n) is 9.26. The largest absolute Gasteiger partial charge is 0.465 e. The van der Waals surface area contributed by atoms with Gasteiger partial charge in [0, 0.05) is 4.88 Å². The third-order valence-corrected chi connectivity index (χ3v) is 5.57. The fraction of sp³-hybridized carbons (Fsp3) is 0.474. The zero-order valence-electron chi connectivity index (χ0n) is 16.7. The van der Waals surface area contributed by atoms with Gasteiger partial charge in [0.15, 0.2) is 11.6 Å². The average molecular weight is 404 g/mol. The Morgan fingerprint density at radius 1 is 1.39 bits per heavy atom. The van der Waals surface area contributed by atoms with Crippen molar-refractivity contribution in [3.05, 3.63) is 22.3 Å². The van der Waals surface area contributed by atoms with Gasteiger partial charge in [-0.25, -0.2) is 14.8 Å². The first kappa shape index (κ1) is 20.1. The van der Waals surface area contributed by atoms with Gasteiger partial charge in [0.2, 0.25) is 5.91 Å². The van der Waals surface area contributed by atoms with Crippen LogP contribution in [0, 0.1) is 12.8 Å². The highest BCUT2D eigenvalue weighted by molar-refractivity contribution is 7.16. The number of aryl methyl sites for hydroxylation is 2. The number of methoxy groups -OCH3 is 1. The van der Waals surface area contributed by atoms with Gasteiger partial charge in [-0.3, -0.25) is 4.79 Å². The van der Waals surface area contributed by atoms with E-state index in [1.165, 1.54) is 18.4 Å². The number of anilines is 4. The third kappa shape index (κ3) is 4.09. The van der Waals surface area contributed by atoms with E-state index < -0.39 is 5.97 Å². The highest BCUT2D eigenvalue weighted by Crippen LogP contribution is 2.37. The molecule has 3 rings (SSSR count). The van der Waals surface area contributed by atoms with Crippen LogP contribution < -0.4 is 16.0 Å². The van der Waals surface area contributed by atoms with Crippen LogP contribution in [0.15, 0.2) is 6.07 Å². The van der Waals surface area contributed by atoms with Gasteiger partial charge in [-0.15, -0.1) is 11.3 Å². The summed E-state index contributed by atoms with van der Waals surface area (Å²) in [5.74, 6) is 1.40. The Morgan fingerprint density at radius 3 is 2.79 bits per heavy atom. The average Bonchev–Trinajstić information content (AvgIpc) is 3.05. The number of carbonyl (C=O) groups excluding carboxylic acids is 2. The second-order valence-corrected chi connectivity index (χ2v) is 8.22. The number of nitrogens with zero attached hydrogens (tertiary/aromatic N) is 2. The second kappa shape index (κ2) is 8.14. The molecule has 2 aromatic rings. The summed E-state index contributed by atoms with van der Waals surface area (Å²) in [6, 6.07) is 1.48. The Morgan fingerprint density at radius 2 is 2.14 bits per heavy atom. The summed E-state index contributed by atoms with van der Waals surface area (Å²) in [5.41, 5.74) is 0.931. The molecule has 1 unspecified atom stereocenters. The van der Waals surface area contributed by atoms with Gasteiger partial charge in [0.25, 0.3) is 0 Å². The van der Waals surface area contributed by atoms with Crippen LogP contribution in [0.5, 0.6) is 0 Å². The first-order chi connectivity index (χ1) is 13.3. The molecular weight excluding hydrogens is 378 g/mol. The van der Waals surface area contributed by atoms with Gasteiger partial charge < -0.3 is 20.7 Å². The van der Waals surface area contributed by atoms with Crippen molar-refractivity contribution < 1.29 is 14.3 Å². The molecule has 0 aromatic carbocycles. The van der Waals surface area contributed by atoms with E-state index in [9.17, 15) is 9.59 Å². The number of aromatic nitrogens is 2. The maximum Gasteiger partial charge on any atom is 0.340 e. The van der Waals surface area contributed by atoms with Gasteiger partial charge >= 0.3 is 5.97 Å². The molecule has 0 bridgehead atoms. The van der Waals surface area contributed by atoms with Crippen LogP contribution in [0.4, 0.5) is 22.3 Å². The molecule has 28 heavy (non-hydrogen) atoms. The predicted octanol–water partition coefficient (Wildman–Crippen LogP) is 3.72. The molecule has 9 heteroatoms. The number of hydrogen-bond acceptors (Lipinski definition) is 8. The van der Waals surface area contributed by atoms with E-state index in [1.54, 1.807) is 6.92 Å². The summed E-state index contributed by atoms with van der Waals surface area (Å²) in [6.07, 6.45) is 1.50. The minimum absolute atomic E-state index is 0.120. The Labute approximate surface area is 168 Å². The monoisotopic (exact) mass is 403 g/mol. The van der Waals surface area contributed by atoms with Crippen LogP contribution >= 0.6 is 11.3 Å². The Balaban J connectivity index is 1.97. The third-order valence-electron chi connectivity index (χ3n) is 4.37. The Bertz CT molecular complexity index is 909. The van der Waals surface area contributed by atoms with Crippen molar-refractivity contribution in [1.82, 2.24) is 9.97 Å².